The number of carbonyl (C=O) groups is 1. The number of halogens is 2. The lowest BCUT2D eigenvalue weighted by molar-refractivity contribution is -0.136. The maximum atomic E-state index is 13.5. The highest BCUT2D eigenvalue weighted by Gasteiger charge is 2.30. The summed E-state index contributed by atoms with van der Waals surface area (Å²) >= 11 is 0. The largest absolute Gasteiger partial charge is 0.342 e. The van der Waals surface area contributed by atoms with Gasteiger partial charge in [0.25, 0.3) is 0 Å². The van der Waals surface area contributed by atoms with Crippen LogP contribution in [0, 0.1) is 5.92 Å². The fraction of sp³-hybridized carbons (Fsp3) is 0.579. The number of piperidine rings is 1. The van der Waals surface area contributed by atoms with Crippen LogP contribution in [0.5, 0.6) is 0 Å². The molecule has 2 saturated heterocycles. The van der Waals surface area contributed by atoms with Gasteiger partial charge < -0.3 is 4.90 Å². The molecule has 4 rings (SSSR count). The summed E-state index contributed by atoms with van der Waals surface area (Å²) in [7, 11) is 0. The number of amides is 1. The molecule has 2 aliphatic rings. The molecule has 2 fully saturated rings. The Morgan fingerprint density at radius 1 is 1.12 bits per heavy atom. The van der Waals surface area contributed by atoms with Gasteiger partial charge in [0, 0.05) is 19.0 Å². The van der Waals surface area contributed by atoms with Crippen LogP contribution in [0.2, 0.25) is 0 Å². The average Bonchev–Trinajstić information content (AvgIpc) is 3.29. The molecule has 3 heterocycles. The fourth-order valence-corrected chi connectivity index (χ4v) is 4.16. The monoisotopic (exact) mass is 362 g/mol. The molecule has 0 aliphatic carbocycles. The molecule has 1 aromatic carbocycles. The molecule has 0 N–H and O–H groups in total. The molecule has 0 unspecified atom stereocenters. The number of nitrogens with zero attached hydrogens (tertiary/aromatic N) is 4. The summed E-state index contributed by atoms with van der Waals surface area (Å²) in [6, 6.07) is 7.00. The van der Waals surface area contributed by atoms with Crippen LogP contribution in [-0.4, -0.2) is 51.4 Å². The molecular formula is C19H24F2N4O. The van der Waals surface area contributed by atoms with Gasteiger partial charge in [-0.05, 0) is 50.9 Å². The maximum Gasteiger partial charge on any atom is 0.320 e. The Balaban J connectivity index is 1.42. The van der Waals surface area contributed by atoms with Gasteiger partial charge in [-0.1, -0.05) is 12.1 Å². The van der Waals surface area contributed by atoms with Crippen molar-refractivity contribution in [3.05, 3.63) is 30.1 Å². The molecule has 140 valence electrons. The summed E-state index contributed by atoms with van der Waals surface area (Å²) in [5.41, 5.74) is 1.07. The van der Waals surface area contributed by atoms with Crippen LogP contribution in [0.4, 0.5) is 8.78 Å². The van der Waals surface area contributed by atoms with E-state index in [2.05, 4.69) is 9.88 Å². The summed E-state index contributed by atoms with van der Waals surface area (Å²) in [6.07, 6.45) is 3.80. The zero-order valence-corrected chi connectivity index (χ0v) is 14.8. The minimum Gasteiger partial charge on any atom is -0.342 e. The van der Waals surface area contributed by atoms with E-state index in [0.717, 1.165) is 56.4 Å². The number of hydrogen-bond donors (Lipinski definition) is 0. The van der Waals surface area contributed by atoms with Gasteiger partial charge in [-0.2, -0.15) is 8.78 Å². The predicted molar refractivity (Wildman–Crippen MR) is 94.8 cm³/mol. The highest BCUT2D eigenvalue weighted by Crippen LogP contribution is 2.26. The van der Waals surface area contributed by atoms with Gasteiger partial charge in [0.2, 0.25) is 5.91 Å². The normalized spacial score (nSPS) is 19.7. The van der Waals surface area contributed by atoms with Crippen molar-refractivity contribution < 1.29 is 13.6 Å². The Morgan fingerprint density at radius 2 is 1.81 bits per heavy atom. The number of rotatable bonds is 4. The van der Waals surface area contributed by atoms with E-state index in [4.69, 9.17) is 0 Å². The first kappa shape index (κ1) is 17.4. The Morgan fingerprint density at radius 3 is 2.50 bits per heavy atom. The van der Waals surface area contributed by atoms with Gasteiger partial charge in [-0.15, -0.1) is 0 Å². The zero-order valence-electron chi connectivity index (χ0n) is 14.8. The van der Waals surface area contributed by atoms with Crippen molar-refractivity contribution in [1.82, 2.24) is 19.4 Å². The SMILES string of the molecule is O=C(C1CCN(Cc2nc3ccccc3n2C(F)F)CC1)N1CCCC1. The van der Waals surface area contributed by atoms with E-state index in [0.29, 0.717) is 23.4 Å². The number of para-hydroxylation sites is 2. The number of likely N-dealkylation sites (tertiary alicyclic amines) is 2. The lowest BCUT2D eigenvalue weighted by Gasteiger charge is -2.32. The van der Waals surface area contributed by atoms with E-state index < -0.39 is 6.55 Å². The van der Waals surface area contributed by atoms with Crippen LogP contribution >= 0.6 is 0 Å². The molecule has 0 radical (unpaired) electrons. The molecule has 7 heteroatoms. The van der Waals surface area contributed by atoms with Gasteiger partial charge >= 0.3 is 6.55 Å². The molecule has 1 amide bonds. The maximum absolute atomic E-state index is 13.5. The Hall–Kier alpha value is -2.02. The highest BCUT2D eigenvalue weighted by molar-refractivity contribution is 5.79. The van der Waals surface area contributed by atoms with Crippen molar-refractivity contribution >= 4 is 16.9 Å². The second-order valence-corrected chi connectivity index (χ2v) is 7.25. The lowest BCUT2D eigenvalue weighted by atomic mass is 9.95. The number of imidazole rings is 1. The number of hydrogen-bond acceptors (Lipinski definition) is 3. The third-order valence-electron chi connectivity index (χ3n) is 5.58. The van der Waals surface area contributed by atoms with E-state index >= 15 is 0 Å². The topological polar surface area (TPSA) is 41.4 Å². The van der Waals surface area contributed by atoms with Crippen LogP contribution in [0.25, 0.3) is 11.0 Å². The number of carbonyl (C=O) groups excluding carboxylic acids is 1. The summed E-state index contributed by atoms with van der Waals surface area (Å²) < 4.78 is 28.1. The quantitative estimate of drug-likeness (QED) is 0.838. The van der Waals surface area contributed by atoms with Gasteiger partial charge in [0.05, 0.1) is 17.6 Å². The third-order valence-corrected chi connectivity index (χ3v) is 5.58. The van der Waals surface area contributed by atoms with E-state index in [1.54, 1.807) is 18.2 Å². The fourth-order valence-electron chi connectivity index (χ4n) is 4.16. The van der Waals surface area contributed by atoms with Crippen LogP contribution in [-0.2, 0) is 11.3 Å². The van der Waals surface area contributed by atoms with Crippen molar-refractivity contribution in [1.29, 1.82) is 0 Å². The standard InChI is InChI=1S/C19H24F2N4O/c20-19(21)25-16-6-2-1-5-15(16)22-17(25)13-23-11-7-14(8-12-23)18(26)24-9-3-4-10-24/h1-2,5-6,14,19H,3-4,7-13H2. The number of aromatic nitrogens is 2. The first-order valence-electron chi connectivity index (χ1n) is 9.38. The smallest absolute Gasteiger partial charge is 0.320 e. The first-order valence-corrected chi connectivity index (χ1v) is 9.38. The Kier molecular flexibility index (Phi) is 4.89. The molecule has 0 bridgehead atoms. The van der Waals surface area contributed by atoms with Crippen molar-refractivity contribution in [3.8, 4) is 0 Å². The Labute approximate surface area is 151 Å². The first-order chi connectivity index (χ1) is 12.6. The minimum absolute atomic E-state index is 0.0817. The molecule has 0 spiro atoms. The molecule has 0 atom stereocenters. The van der Waals surface area contributed by atoms with Crippen molar-refractivity contribution in [2.45, 2.75) is 38.8 Å². The zero-order chi connectivity index (χ0) is 18.1. The summed E-state index contributed by atoms with van der Waals surface area (Å²) in [5, 5.41) is 0. The van der Waals surface area contributed by atoms with Crippen molar-refractivity contribution in [3.63, 3.8) is 0 Å². The van der Waals surface area contributed by atoms with Crippen LogP contribution < -0.4 is 0 Å². The lowest BCUT2D eigenvalue weighted by Crippen LogP contribution is -2.41. The van der Waals surface area contributed by atoms with E-state index in [9.17, 15) is 13.6 Å². The van der Waals surface area contributed by atoms with Gasteiger partial charge in [-0.3, -0.25) is 14.3 Å². The summed E-state index contributed by atoms with van der Waals surface area (Å²) in [4.78, 5) is 21.0. The third kappa shape index (κ3) is 3.32. The molecule has 2 aromatic rings. The minimum atomic E-state index is -2.60. The van der Waals surface area contributed by atoms with Crippen LogP contribution in [0.1, 0.15) is 38.1 Å². The molecule has 2 aliphatic heterocycles. The number of fused-ring (bicyclic) bond motifs is 1. The van der Waals surface area contributed by atoms with Gasteiger partial charge in [0.15, 0.2) is 0 Å². The summed E-state index contributed by atoms with van der Waals surface area (Å²) in [6.45, 7) is 1.05. The number of benzene rings is 1. The van der Waals surface area contributed by atoms with Crippen LogP contribution in [0.15, 0.2) is 24.3 Å². The van der Waals surface area contributed by atoms with E-state index in [1.807, 2.05) is 11.0 Å². The second-order valence-electron chi connectivity index (χ2n) is 7.25. The molecule has 1 aromatic heterocycles. The molecular weight excluding hydrogens is 338 g/mol. The van der Waals surface area contributed by atoms with E-state index in [1.165, 1.54) is 0 Å². The highest BCUT2D eigenvalue weighted by atomic mass is 19.3. The summed E-state index contributed by atoms with van der Waals surface area (Å²) in [5.74, 6) is 0.755. The van der Waals surface area contributed by atoms with Crippen molar-refractivity contribution in [2.24, 2.45) is 5.92 Å². The Bertz CT molecular complexity index is 777. The predicted octanol–water partition coefficient (Wildman–Crippen LogP) is 3.27. The number of alkyl halides is 2. The van der Waals surface area contributed by atoms with Gasteiger partial charge in [-0.25, -0.2) is 4.98 Å². The van der Waals surface area contributed by atoms with E-state index in [-0.39, 0.29) is 11.8 Å². The molecule has 26 heavy (non-hydrogen) atoms. The average molecular weight is 362 g/mol. The molecule has 0 saturated carbocycles. The molecule has 5 nitrogen and oxygen atoms in total. The van der Waals surface area contributed by atoms with Crippen LogP contribution in [0.3, 0.4) is 0 Å². The van der Waals surface area contributed by atoms with Crippen molar-refractivity contribution in [2.75, 3.05) is 26.2 Å². The second kappa shape index (κ2) is 7.31. The van der Waals surface area contributed by atoms with Gasteiger partial charge in [0.1, 0.15) is 5.82 Å².